The highest BCUT2D eigenvalue weighted by atomic mass is 127. The van der Waals surface area contributed by atoms with Gasteiger partial charge in [-0.05, 0) is 12.1 Å². The molecule has 7 nitrogen and oxygen atoms in total. The molecule has 1 heterocycles. The van der Waals surface area contributed by atoms with Crippen LogP contribution < -0.4 is 4.74 Å². The number of aromatic nitrogens is 1. The van der Waals surface area contributed by atoms with Crippen molar-refractivity contribution in [2.75, 3.05) is 50.7 Å². The zero-order valence-corrected chi connectivity index (χ0v) is 14.4. The number of alkyl halides is 1. The smallest absolute Gasteiger partial charge is 0.354 e. The van der Waals surface area contributed by atoms with E-state index < -0.39 is 5.97 Å². The van der Waals surface area contributed by atoms with Crippen LogP contribution in [0.4, 0.5) is 0 Å². The van der Waals surface area contributed by atoms with Gasteiger partial charge in [0.2, 0.25) is 0 Å². The standard InChI is InChI=1S/C14H20INO6/c15-3-4-19-5-6-20-7-8-21-9-10-22-12-1-2-13(14(17)18)16-11-12/h1-2,11H,3-10H2,(H,17,18). The summed E-state index contributed by atoms with van der Waals surface area (Å²) in [6.45, 7) is 3.72. The molecule has 1 N–H and O–H groups in total. The van der Waals surface area contributed by atoms with E-state index in [1.165, 1.54) is 12.3 Å². The van der Waals surface area contributed by atoms with Gasteiger partial charge in [0.15, 0.2) is 0 Å². The minimum Gasteiger partial charge on any atom is -0.490 e. The first-order chi connectivity index (χ1) is 10.7. The highest BCUT2D eigenvalue weighted by molar-refractivity contribution is 14.1. The molecule has 1 rings (SSSR count). The third-order valence-corrected chi connectivity index (χ3v) is 2.86. The van der Waals surface area contributed by atoms with Gasteiger partial charge >= 0.3 is 5.97 Å². The van der Waals surface area contributed by atoms with Gasteiger partial charge in [0.25, 0.3) is 0 Å². The van der Waals surface area contributed by atoms with Gasteiger partial charge < -0.3 is 24.1 Å². The molecular formula is C14H20INO6. The van der Waals surface area contributed by atoms with Crippen molar-refractivity contribution >= 4 is 28.6 Å². The fraction of sp³-hybridized carbons (Fsp3) is 0.571. The molecule has 1 aromatic heterocycles. The Labute approximate surface area is 143 Å². The van der Waals surface area contributed by atoms with E-state index in [-0.39, 0.29) is 5.69 Å². The normalized spacial score (nSPS) is 10.6. The van der Waals surface area contributed by atoms with Gasteiger partial charge in [-0.1, -0.05) is 22.6 Å². The van der Waals surface area contributed by atoms with E-state index in [0.717, 1.165) is 11.0 Å². The van der Waals surface area contributed by atoms with Crippen molar-refractivity contribution in [3.8, 4) is 5.75 Å². The summed E-state index contributed by atoms with van der Waals surface area (Å²) in [6.07, 6.45) is 1.38. The molecule has 22 heavy (non-hydrogen) atoms. The minimum absolute atomic E-state index is 0.0109. The van der Waals surface area contributed by atoms with Crippen LogP contribution in [-0.4, -0.2) is 66.7 Å². The number of pyridine rings is 1. The highest BCUT2D eigenvalue weighted by Gasteiger charge is 2.03. The average Bonchev–Trinajstić information content (AvgIpc) is 2.53. The molecule has 0 bridgehead atoms. The zero-order chi connectivity index (χ0) is 16.0. The first-order valence-corrected chi connectivity index (χ1v) is 8.38. The number of halogens is 1. The van der Waals surface area contributed by atoms with E-state index in [9.17, 15) is 4.79 Å². The Hall–Kier alpha value is -0.970. The van der Waals surface area contributed by atoms with Crippen LogP contribution in [0, 0.1) is 0 Å². The first-order valence-electron chi connectivity index (χ1n) is 6.85. The van der Waals surface area contributed by atoms with Gasteiger partial charge in [-0.3, -0.25) is 0 Å². The van der Waals surface area contributed by atoms with Gasteiger partial charge in [-0.2, -0.15) is 0 Å². The second-order valence-corrected chi connectivity index (χ2v) is 5.14. The molecule has 0 fully saturated rings. The Bertz CT molecular complexity index is 414. The second-order valence-electron chi connectivity index (χ2n) is 4.06. The quantitative estimate of drug-likeness (QED) is 0.292. The first kappa shape index (κ1) is 19.1. The molecule has 0 aliphatic heterocycles. The van der Waals surface area contributed by atoms with Gasteiger partial charge in [0, 0.05) is 4.43 Å². The lowest BCUT2D eigenvalue weighted by atomic mass is 10.3. The van der Waals surface area contributed by atoms with E-state index in [4.69, 9.17) is 24.1 Å². The van der Waals surface area contributed by atoms with Crippen LogP contribution in [0.2, 0.25) is 0 Å². The number of carboxylic acids is 1. The summed E-state index contributed by atoms with van der Waals surface area (Å²) in [5.41, 5.74) is -0.0109. The molecule has 124 valence electrons. The Morgan fingerprint density at radius 1 is 1.00 bits per heavy atom. The van der Waals surface area contributed by atoms with Crippen LogP contribution >= 0.6 is 22.6 Å². The molecule has 1 aromatic rings. The summed E-state index contributed by atoms with van der Waals surface area (Å²) in [6, 6.07) is 2.96. The Morgan fingerprint density at radius 2 is 1.59 bits per heavy atom. The third kappa shape index (κ3) is 9.13. The lowest BCUT2D eigenvalue weighted by molar-refractivity contribution is 0.0120. The molecule has 0 aliphatic rings. The number of ether oxygens (including phenoxy) is 4. The molecule has 8 heteroatoms. The van der Waals surface area contributed by atoms with E-state index >= 15 is 0 Å². The molecule has 0 spiro atoms. The average molecular weight is 425 g/mol. The summed E-state index contributed by atoms with van der Waals surface area (Å²) in [5, 5.41) is 8.71. The number of carbonyl (C=O) groups is 1. The lowest BCUT2D eigenvalue weighted by Crippen LogP contribution is -2.13. The van der Waals surface area contributed by atoms with Crippen molar-refractivity contribution in [1.82, 2.24) is 4.98 Å². The fourth-order valence-corrected chi connectivity index (χ4v) is 1.72. The summed E-state index contributed by atoms with van der Waals surface area (Å²) in [4.78, 5) is 14.4. The third-order valence-electron chi connectivity index (χ3n) is 2.42. The summed E-state index contributed by atoms with van der Waals surface area (Å²) < 4.78 is 22.3. The van der Waals surface area contributed by atoms with E-state index in [1.807, 2.05) is 0 Å². The zero-order valence-electron chi connectivity index (χ0n) is 12.2. The van der Waals surface area contributed by atoms with Crippen LogP contribution in [0.25, 0.3) is 0 Å². The predicted octanol–water partition coefficient (Wildman–Crippen LogP) is 1.64. The predicted molar refractivity (Wildman–Crippen MR) is 88.0 cm³/mol. The van der Waals surface area contributed by atoms with Crippen LogP contribution in [0.1, 0.15) is 10.5 Å². The molecule has 0 saturated heterocycles. The van der Waals surface area contributed by atoms with Crippen LogP contribution in [-0.2, 0) is 14.2 Å². The molecular weight excluding hydrogens is 405 g/mol. The summed E-state index contributed by atoms with van der Waals surface area (Å²) in [7, 11) is 0. The largest absolute Gasteiger partial charge is 0.490 e. The fourth-order valence-electron chi connectivity index (χ4n) is 1.41. The van der Waals surface area contributed by atoms with Crippen LogP contribution in [0.15, 0.2) is 18.3 Å². The molecule has 0 saturated carbocycles. The number of carboxylic acid groups (broad SMARTS) is 1. The van der Waals surface area contributed by atoms with E-state index in [0.29, 0.717) is 45.4 Å². The Balaban J connectivity index is 1.94. The molecule has 0 aliphatic carbocycles. The van der Waals surface area contributed by atoms with Gasteiger partial charge in [0.1, 0.15) is 18.1 Å². The maximum atomic E-state index is 10.6. The minimum atomic E-state index is -1.06. The number of aromatic carboxylic acids is 1. The van der Waals surface area contributed by atoms with E-state index in [2.05, 4.69) is 27.6 Å². The van der Waals surface area contributed by atoms with Crippen molar-refractivity contribution in [3.63, 3.8) is 0 Å². The van der Waals surface area contributed by atoms with Crippen LogP contribution in [0.3, 0.4) is 0 Å². The number of nitrogens with zero attached hydrogens (tertiary/aromatic N) is 1. The SMILES string of the molecule is O=C(O)c1ccc(OCCOCCOCCOCCI)cn1. The number of rotatable bonds is 13. The molecule has 0 aromatic carbocycles. The summed E-state index contributed by atoms with van der Waals surface area (Å²) >= 11 is 2.26. The second kappa shape index (κ2) is 12.6. The van der Waals surface area contributed by atoms with Gasteiger partial charge in [-0.25, -0.2) is 9.78 Å². The molecule has 0 atom stereocenters. The van der Waals surface area contributed by atoms with E-state index in [1.54, 1.807) is 6.07 Å². The number of hydrogen-bond acceptors (Lipinski definition) is 6. The summed E-state index contributed by atoms with van der Waals surface area (Å²) in [5.74, 6) is -0.549. The van der Waals surface area contributed by atoms with Crippen LogP contribution in [0.5, 0.6) is 5.75 Å². The molecule has 0 radical (unpaired) electrons. The maximum absolute atomic E-state index is 10.6. The molecule has 0 unspecified atom stereocenters. The monoisotopic (exact) mass is 425 g/mol. The van der Waals surface area contributed by atoms with Crippen molar-refractivity contribution in [1.29, 1.82) is 0 Å². The van der Waals surface area contributed by atoms with Gasteiger partial charge in [0.05, 0.1) is 45.8 Å². The van der Waals surface area contributed by atoms with Crippen molar-refractivity contribution < 1.29 is 28.8 Å². The van der Waals surface area contributed by atoms with Crippen molar-refractivity contribution in [3.05, 3.63) is 24.0 Å². The Morgan fingerprint density at radius 3 is 2.09 bits per heavy atom. The highest BCUT2D eigenvalue weighted by Crippen LogP contribution is 2.08. The molecule has 0 amide bonds. The topological polar surface area (TPSA) is 87.1 Å². The lowest BCUT2D eigenvalue weighted by Gasteiger charge is -2.08. The Kier molecular flexibility index (Phi) is 10.9. The van der Waals surface area contributed by atoms with Gasteiger partial charge in [-0.15, -0.1) is 0 Å². The maximum Gasteiger partial charge on any atom is 0.354 e. The number of hydrogen-bond donors (Lipinski definition) is 1. The van der Waals surface area contributed by atoms with Crippen molar-refractivity contribution in [2.45, 2.75) is 0 Å². The van der Waals surface area contributed by atoms with Crippen molar-refractivity contribution in [2.24, 2.45) is 0 Å².